The van der Waals surface area contributed by atoms with Crippen molar-refractivity contribution in [3.63, 3.8) is 0 Å². The molecule has 40 heavy (non-hydrogen) atoms. The number of aryl methyl sites for hydroxylation is 1. The minimum absolute atomic E-state index is 0.354. The molecule has 1 N–H and O–H groups in total. The zero-order valence-corrected chi connectivity index (χ0v) is 23.3. The lowest BCUT2D eigenvalue weighted by atomic mass is 10.1. The zero-order chi connectivity index (χ0) is 27.7. The van der Waals surface area contributed by atoms with Crippen LogP contribution in [0.4, 0.5) is 17.8 Å². The molecule has 0 radical (unpaired) electrons. The Labute approximate surface area is 235 Å². The van der Waals surface area contributed by atoms with Gasteiger partial charge >= 0.3 is 5.97 Å². The zero-order valence-electron chi connectivity index (χ0n) is 23.3. The molecule has 0 spiro atoms. The molecule has 1 aromatic heterocycles. The summed E-state index contributed by atoms with van der Waals surface area (Å²) in [4.78, 5) is 31.3. The van der Waals surface area contributed by atoms with Crippen LogP contribution in [0.2, 0.25) is 0 Å². The molecule has 10 heteroatoms. The van der Waals surface area contributed by atoms with Crippen molar-refractivity contribution in [1.29, 1.82) is 0 Å². The number of nitrogens with one attached hydrogen (secondary N) is 1. The largest absolute Gasteiger partial charge is 0.490 e. The summed E-state index contributed by atoms with van der Waals surface area (Å²) in [5.74, 6) is 2.20. The van der Waals surface area contributed by atoms with E-state index in [0.29, 0.717) is 41.5 Å². The fourth-order valence-corrected chi connectivity index (χ4v) is 4.85. The summed E-state index contributed by atoms with van der Waals surface area (Å²) in [5, 5.41) is 4.40. The highest BCUT2D eigenvalue weighted by Gasteiger charge is 2.20. The van der Waals surface area contributed by atoms with Crippen LogP contribution in [0, 0.1) is 6.92 Å². The number of hydrazone groups is 1. The molecule has 0 bridgehead atoms. The number of piperidine rings is 2. The highest BCUT2D eigenvalue weighted by Crippen LogP contribution is 2.29. The maximum absolute atomic E-state index is 12.6. The highest BCUT2D eigenvalue weighted by molar-refractivity contribution is 5.91. The number of benzene rings is 2. The van der Waals surface area contributed by atoms with Crippen molar-refractivity contribution in [2.24, 2.45) is 5.10 Å². The van der Waals surface area contributed by atoms with Crippen LogP contribution in [0.3, 0.4) is 0 Å². The predicted octanol–water partition coefficient (Wildman–Crippen LogP) is 5.22. The first-order valence-electron chi connectivity index (χ1n) is 14.2. The van der Waals surface area contributed by atoms with Crippen LogP contribution in [0.15, 0.2) is 47.6 Å². The van der Waals surface area contributed by atoms with Crippen molar-refractivity contribution in [1.82, 2.24) is 15.0 Å². The van der Waals surface area contributed by atoms with E-state index in [1.54, 1.807) is 30.5 Å². The molecule has 0 atom stereocenters. The number of hydrogen-bond acceptors (Lipinski definition) is 10. The van der Waals surface area contributed by atoms with Crippen LogP contribution in [0.25, 0.3) is 0 Å². The van der Waals surface area contributed by atoms with Gasteiger partial charge < -0.3 is 19.3 Å². The van der Waals surface area contributed by atoms with Crippen LogP contribution >= 0.6 is 0 Å². The summed E-state index contributed by atoms with van der Waals surface area (Å²) in [6.07, 6.45) is 8.72. The van der Waals surface area contributed by atoms with E-state index in [4.69, 9.17) is 14.5 Å². The van der Waals surface area contributed by atoms with Gasteiger partial charge in [0.2, 0.25) is 17.8 Å². The van der Waals surface area contributed by atoms with Gasteiger partial charge in [-0.25, -0.2) is 10.2 Å². The quantitative estimate of drug-likeness (QED) is 0.168. The number of aromatic nitrogens is 3. The van der Waals surface area contributed by atoms with Gasteiger partial charge in [-0.05, 0) is 88.3 Å². The number of carbonyl (C=O) groups excluding carboxylic acids is 1. The Balaban J connectivity index is 1.31. The van der Waals surface area contributed by atoms with Crippen LogP contribution in [-0.2, 0) is 0 Å². The second-order valence-electron chi connectivity index (χ2n) is 10.1. The molecule has 0 amide bonds. The number of nitrogens with zero attached hydrogens (tertiary/aromatic N) is 6. The average Bonchev–Trinajstić information content (AvgIpc) is 2.99. The van der Waals surface area contributed by atoms with E-state index in [2.05, 4.69) is 30.3 Å². The number of anilines is 3. The summed E-state index contributed by atoms with van der Waals surface area (Å²) in [6, 6.07) is 12.6. The maximum Gasteiger partial charge on any atom is 0.343 e. The van der Waals surface area contributed by atoms with Crippen molar-refractivity contribution in [3.8, 4) is 11.5 Å². The van der Waals surface area contributed by atoms with E-state index in [0.717, 1.165) is 63.0 Å². The van der Waals surface area contributed by atoms with E-state index in [1.165, 1.54) is 12.8 Å². The molecule has 2 aliphatic heterocycles. The van der Waals surface area contributed by atoms with Crippen LogP contribution < -0.4 is 24.7 Å². The Kier molecular flexibility index (Phi) is 9.05. The molecular weight excluding hydrogens is 506 g/mol. The van der Waals surface area contributed by atoms with Gasteiger partial charge in [0.05, 0.1) is 18.4 Å². The minimum atomic E-state index is -0.437. The van der Waals surface area contributed by atoms with Gasteiger partial charge in [-0.1, -0.05) is 17.7 Å². The summed E-state index contributed by atoms with van der Waals surface area (Å²) in [6.45, 7) is 8.09. The highest BCUT2D eigenvalue weighted by atomic mass is 16.6. The first-order chi connectivity index (χ1) is 19.6. The Morgan fingerprint density at radius 3 is 2.10 bits per heavy atom. The smallest absolute Gasteiger partial charge is 0.343 e. The molecule has 2 aromatic carbocycles. The number of hydrogen-bond donors (Lipinski definition) is 1. The SMILES string of the molecule is CCOc1cc(/C=N/Nc2nc(N3CCCCC3)nc(N3CCCCC3)n2)ccc1OC(=O)c1ccc(C)cc1. The molecule has 0 saturated carbocycles. The third-order valence-electron chi connectivity index (χ3n) is 7.03. The average molecular weight is 544 g/mol. The molecule has 3 aromatic rings. The van der Waals surface area contributed by atoms with Gasteiger partial charge in [-0.3, -0.25) is 0 Å². The first kappa shape index (κ1) is 27.4. The van der Waals surface area contributed by atoms with Gasteiger partial charge in [0, 0.05) is 26.2 Å². The van der Waals surface area contributed by atoms with Gasteiger partial charge in [-0.2, -0.15) is 20.1 Å². The van der Waals surface area contributed by atoms with Gasteiger partial charge in [-0.15, -0.1) is 0 Å². The number of ether oxygens (including phenoxy) is 2. The summed E-state index contributed by atoms with van der Waals surface area (Å²) in [7, 11) is 0. The van der Waals surface area contributed by atoms with Gasteiger partial charge in [0.25, 0.3) is 0 Å². The normalized spacial score (nSPS) is 15.8. The van der Waals surface area contributed by atoms with Crippen molar-refractivity contribution in [2.75, 3.05) is 48.0 Å². The number of carbonyl (C=O) groups is 1. The van der Waals surface area contributed by atoms with Crippen molar-refractivity contribution in [2.45, 2.75) is 52.4 Å². The summed E-state index contributed by atoms with van der Waals surface area (Å²) in [5.41, 5.74) is 5.33. The third kappa shape index (κ3) is 7.05. The Bertz CT molecular complexity index is 1280. The van der Waals surface area contributed by atoms with E-state index < -0.39 is 5.97 Å². The number of esters is 1. The van der Waals surface area contributed by atoms with Gasteiger partial charge in [0.15, 0.2) is 11.5 Å². The van der Waals surface area contributed by atoms with E-state index in [1.807, 2.05) is 32.0 Å². The second-order valence-corrected chi connectivity index (χ2v) is 10.1. The molecule has 2 saturated heterocycles. The lowest BCUT2D eigenvalue weighted by molar-refractivity contribution is 0.0728. The molecule has 210 valence electrons. The minimum Gasteiger partial charge on any atom is -0.490 e. The topological polar surface area (TPSA) is 105 Å². The Hall–Kier alpha value is -4.21. The molecule has 0 unspecified atom stereocenters. The molecule has 3 heterocycles. The van der Waals surface area contributed by atoms with Crippen molar-refractivity contribution >= 4 is 30.0 Å². The lowest BCUT2D eigenvalue weighted by Gasteiger charge is -2.30. The van der Waals surface area contributed by atoms with Crippen LogP contribution in [0.5, 0.6) is 11.5 Å². The van der Waals surface area contributed by atoms with Crippen LogP contribution in [-0.4, -0.2) is 59.9 Å². The van der Waals surface area contributed by atoms with E-state index in [-0.39, 0.29) is 0 Å². The third-order valence-corrected chi connectivity index (χ3v) is 7.03. The second kappa shape index (κ2) is 13.2. The Morgan fingerprint density at radius 1 is 0.875 bits per heavy atom. The maximum atomic E-state index is 12.6. The molecule has 2 aliphatic rings. The number of rotatable bonds is 9. The van der Waals surface area contributed by atoms with E-state index >= 15 is 0 Å². The summed E-state index contributed by atoms with van der Waals surface area (Å²) < 4.78 is 11.4. The fraction of sp³-hybridized carbons (Fsp3) is 0.433. The lowest BCUT2D eigenvalue weighted by Crippen LogP contribution is -2.34. The molecule has 10 nitrogen and oxygen atoms in total. The molecular formula is C30H37N7O3. The van der Waals surface area contributed by atoms with Gasteiger partial charge in [0.1, 0.15) is 0 Å². The molecule has 0 aliphatic carbocycles. The Morgan fingerprint density at radius 2 is 1.50 bits per heavy atom. The summed E-state index contributed by atoms with van der Waals surface area (Å²) >= 11 is 0. The van der Waals surface area contributed by atoms with E-state index in [9.17, 15) is 4.79 Å². The van der Waals surface area contributed by atoms with Crippen molar-refractivity contribution < 1.29 is 14.3 Å². The van der Waals surface area contributed by atoms with Crippen molar-refractivity contribution in [3.05, 3.63) is 59.2 Å². The fourth-order valence-electron chi connectivity index (χ4n) is 4.85. The first-order valence-corrected chi connectivity index (χ1v) is 14.2. The molecule has 2 fully saturated rings. The monoisotopic (exact) mass is 543 g/mol. The standard InChI is InChI=1S/C30H37N7O3/c1-3-39-26-20-23(12-15-25(26)40-27(38)24-13-10-22(2)11-14-24)21-31-35-28-32-29(36-16-6-4-7-17-36)34-30(33-28)37-18-8-5-9-19-37/h10-15,20-21H,3-9,16-19H2,1-2H3,(H,32,33,34,35)/b31-21+. The predicted molar refractivity (Wildman–Crippen MR) is 157 cm³/mol. The molecule has 5 rings (SSSR count). The van der Waals surface area contributed by atoms with Crippen LogP contribution in [0.1, 0.15) is 66.9 Å².